The van der Waals surface area contributed by atoms with Gasteiger partial charge in [0, 0.05) is 0 Å². The molecule has 1 heteroatoms. The molecule has 0 saturated carbocycles. The molecule has 0 heterocycles. The fraction of sp³-hybridized carbons (Fsp3) is 0.700. The summed E-state index contributed by atoms with van der Waals surface area (Å²) in [5.41, 5.74) is 1.53. The molecule has 0 amide bonds. The van der Waals surface area contributed by atoms with E-state index < -0.39 is 6.89 Å². The Morgan fingerprint density at radius 1 is 1.18 bits per heavy atom. The molecule has 0 aromatic heterocycles. The van der Waals surface area contributed by atoms with E-state index in [4.69, 9.17) is 0 Å². The van der Waals surface area contributed by atoms with Gasteiger partial charge in [-0.25, -0.2) is 0 Å². The van der Waals surface area contributed by atoms with Crippen LogP contribution in [0.5, 0.6) is 0 Å². The molecule has 0 radical (unpaired) electrons. The lowest BCUT2D eigenvalue weighted by Crippen LogP contribution is -1.93. The second-order valence-electron chi connectivity index (χ2n) is 4.11. The zero-order valence-corrected chi connectivity index (χ0v) is 9.63. The third-order valence-electron chi connectivity index (χ3n) is 2.34. The summed E-state index contributed by atoms with van der Waals surface area (Å²) in [5.74, 6) is 0.677. The van der Waals surface area contributed by atoms with Crippen LogP contribution in [0.3, 0.4) is 0 Å². The third kappa shape index (κ3) is 3.29. The van der Waals surface area contributed by atoms with Crippen molar-refractivity contribution in [3.05, 3.63) is 10.9 Å². The van der Waals surface area contributed by atoms with Crippen LogP contribution in [0.25, 0.3) is 0 Å². The summed E-state index contributed by atoms with van der Waals surface area (Å²) in [6, 6.07) is 0. The lowest BCUT2D eigenvalue weighted by atomic mass is 10.1. The normalized spacial score (nSPS) is 15.2. The Morgan fingerprint density at radius 3 is 1.64 bits per heavy atom. The molecular weight excluding hydrogens is 151 g/mol. The minimum Gasteiger partial charge on any atom is -0.0974 e. The van der Waals surface area contributed by atoms with Gasteiger partial charge in [0.05, 0.1) is 0 Å². The summed E-state index contributed by atoms with van der Waals surface area (Å²) in [7, 11) is 0. The fourth-order valence-electron chi connectivity index (χ4n) is 0.895. The van der Waals surface area contributed by atoms with E-state index in [0.29, 0.717) is 5.92 Å². The van der Waals surface area contributed by atoms with E-state index in [2.05, 4.69) is 47.3 Å². The van der Waals surface area contributed by atoms with E-state index in [-0.39, 0.29) is 0 Å². The third-order valence-corrected chi connectivity index (χ3v) is 4.51. The van der Waals surface area contributed by atoms with Crippen molar-refractivity contribution in [2.45, 2.75) is 27.7 Å². The molecule has 0 aliphatic carbocycles. The van der Waals surface area contributed by atoms with Gasteiger partial charge in [0.2, 0.25) is 0 Å². The average Bonchev–Trinajstić information content (AvgIpc) is 1.82. The zero-order valence-electron chi connectivity index (χ0n) is 8.73. The summed E-state index contributed by atoms with van der Waals surface area (Å²) in [6.45, 7) is 12.5. The molecule has 11 heavy (non-hydrogen) atoms. The van der Waals surface area contributed by atoms with Gasteiger partial charge in [-0.3, -0.25) is 0 Å². The molecule has 0 fully saturated rings. The summed E-state index contributed by atoms with van der Waals surface area (Å²) in [5, 5.41) is 1.53. The highest BCUT2D eigenvalue weighted by atomic mass is 31.2. The van der Waals surface area contributed by atoms with Crippen molar-refractivity contribution in [3.63, 3.8) is 0 Å². The second-order valence-corrected chi connectivity index (χ2v) is 8.15. The first kappa shape index (κ1) is 11.0. The molecule has 0 rings (SSSR count). The van der Waals surface area contributed by atoms with Crippen LogP contribution in [0, 0.1) is 5.92 Å². The highest BCUT2D eigenvalue weighted by molar-refractivity contribution is 7.76. The van der Waals surface area contributed by atoms with E-state index >= 15 is 0 Å². The second kappa shape index (κ2) is 3.63. The lowest BCUT2D eigenvalue weighted by molar-refractivity contribution is 0.764. The molecule has 0 aliphatic rings. The predicted octanol–water partition coefficient (Wildman–Crippen LogP) is 3.65. The van der Waals surface area contributed by atoms with Gasteiger partial charge < -0.3 is 0 Å². The van der Waals surface area contributed by atoms with E-state index in [9.17, 15) is 0 Å². The van der Waals surface area contributed by atoms with E-state index in [0.717, 1.165) is 0 Å². The van der Waals surface area contributed by atoms with Crippen molar-refractivity contribution >= 4 is 13.2 Å². The largest absolute Gasteiger partial charge is 0.0974 e. The zero-order chi connectivity index (χ0) is 9.23. The summed E-state index contributed by atoms with van der Waals surface area (Å²) in [6.07, 6.45) is 4.23. The van der Waals surface area contributed by atoms with Gasteiger partial charge in [-0.1, -0.05) is 37.9 Å². The molecule has 0 saturated heterocycles. The first-order valence-corrected chi connectivity index (χ1v) is 7.00. The molecule has 0 bridgehead atoms. The molecule has 66 valence electrons. The van der Waals surface area contributed by atoms with Crippen LogP contribution in [-0.4, -0.2) is 19.6 Å². The van der Waals surface area contributed by atoms with Gasteiger partial charge in [-0.15, -0.1) is 0 Å². The summed E-state index contributed by atoms with van der Waals surface area (Å²) in [4.78, 5) is 0. The maximum absolute atomic E-state index is 4.23. The topological polar surface area (TPSA) is 0 Å². The highest BCUT2D eigenvalue weighted by Crippen LogP contribution is 2.47. The summed E-state index contributed by atoms with van der Waals surface area (Å²) >= 11 is 0. The maximum atomic E-state index is 4.23. The van der Waals surface area contributed by atoms with Gasteiger partial charge in [0.1, 0.15) is 0 Å². The number of hydrogen-bond donors (Lipinski definition) is 0. The number of hydrogen-bond acceptors (Lipinski definition) is 0. The Kier molecular flexibility index (Phi) is 3.64. The van der Waals surface area contributed by atoms with Crippen molar-refractivity contribution in [3.8, 4) is 0 Å². The van der Waals surface area contributed by atoms with Gasteiger partial charge in [0.25, 0.3) is 0 Å². The molecule has 0 aliphatic heterocycles. The molecular formula is C10H21P. The number of allylic oxidation sites excluding steroid dienone is 2. The smallest absolute Gasteiger partial charge is 0.0257 e. The van der Waals surface area contributed by atoms with E-state index in [1.54, 1.807) is 0 Å². The Bertz CT molecular complexity index is 203. The van der Waals surface area contributed by atoms with Gasteiger partial charge >= 0.3 is 0 Å². The quantitative estimate of drug-likeness (QED) is 0.558. The highest BCUT2D eigenvalue weighted by Gasteiger charge is 2.07. The van der Waals surface area contributed by atoms with Crippen molar-refractivity contribution in [1.82, 2.24) is 0 Å². The van der Waals surface area contributed by atoms with Crippen molar-refractivity contribution < 1.29 is 0 Å². The average molecular weight is 172 g/mol. The molecule has 0 atom stereocenters. The minimum absolute atomic E-state index is 0.677. The van der Waals surface area contributed by atoms with Crippen molar-refractivity contribution in [2.75, 3.05) is 13.3 Å². The van der Waals surface area contributed by atoms with Crippen LogP contribution in [0.15, 0.2) is 10.9 Å². The summed E-state index contributed by atoms with van der Waals surface area (Å²) < 4.78 is 0. The van der Waals surface area contributed by atoms with Gasteiger partial charge in [-0.05, 0) is 33.1 Å². The number of rotatable bonds is 2. The van der Waals surface area contributed by atoms with Gasteiger partial charge in [0.15, 0.2) is 0 Å². The molecule has 0 spiro atoms. The van der Waals surface area contributed by atoms with E-state index in [1.165, 1.54) is 10.9 Å². The molecule has 0 aromatic rings. The standard InChI is InChI=1S/C10H21P/c1-8(2)9(3)10(4)11(5,6)7/h8H,5H2,1-4,6-7H3/b10-9-. The Hall–Kier alpha value is 0.0400. The Labute approximate surface area is 71.7 Å². The first-order chi connectivity index (χ1) is 4.76. The first-order valence-electron chi connectivity index (χ1n) is 4.13. The van der Waals surface area contributed by atoms with Crippen LogP contribution >= 0.6 is 6.89 Å². The monoisotopic (exact) mass is 172 g/mol. The fourth-order valence-corrected chi connectivity index (χ4v) is 2.11. The van der Waals surface area contributed by atoms with Crippen LogP contribution in [0.4, 0.5) is 0 Å². The Morgan fingerprint density at radius 2 is 1.55 bits per heavy atom. The predicted molar refractivity (Wildman–Crippen MR) is 59.1 cm³/mol. The van der Waals surface area contributed by atoms with E-state index in [1.807, 2.05) is 0 Å². The van der Waals surface area contributed by atoms with Crippen molar-refractivity contribution in [2.24, 2.45) is 5.92 Å². The van der Waals surface area contributed by atoms with Crippen LogP contribution in [-0.2, 0) is 0 Å². The SMILES string of the molecule is C=P(C)(C)/C(C)=C(/C)C(C)C. The van der Waals surface area contributed by atoms with Crippen LogP contribution < -0.4 is 0 Å². The maximum Gasteiger partial charge on any atom is -0.0257 e. The van der Waals surface area contributed by atoms with Crippen LogP contribution in [0.1, 0.15) is 27.7 Å². The lowest BCUT2D eigenvalue weighted by Gasteiger charge is -2.19. The molecule has 0 N–H and O–H groups in total. The van der Waals surface area contributed by atoms with Crippen molar-refractivity contribution in [1.29, 1.82) is 0 Å². The molecule has 0 unspecified atom stereocenters. The van der Waals surface area contributed by atoms with Gasteiger partial charge in [-0.2, -0.15) is 0 Å². The molecule has 0 nitrogen and oxygen atoms in total. The molecule has 0 aromatic carbocycles. The minimum atomic E-state index is -0.987. The van der Waals surface area contributed by atoms with Crippen LogP contribution in [0.2, 0.25) is 0 Å². The Balaban J connectivity index is 4.83.